The summed E-state index contributed by atoms with van der Waals surface area (Å²) in [5, 5.41) is 4.91. The number of nitrogens with one attached hydrogen (secondary N) is 1. The van der Waals surface area contributed by atoms with Crippen molar-refractivity contribution in [2.24, 2.45) is 5.84 Å². The van der Waals surface area contributed by atoms with Crippen LogP contribution < -0.4 is 11.2 Å². The summed E-state index contributed by atoms with van der Waals surface area (Å²) in [7, 11) is 7.17. The van der Waals surface area contributed by atoms with E-state index in [0.29, 0.717) is 6.17 Å². The topological polar surface area (TPSA) is 47.8 Å². The van der Waals surface area contributed by atoms with E-state index >= 15 is 0 Å². The lowest BCUT2D eigenvalue weighted by Gasteiger charge is -2.32. The molecule has 106 valence electrons. The number of hydrogen-bond acceptors (Lipinski definition) is 8. The number of nitrogens with two attached hydrogens (primary N) is 1. The molecule has 0 aliphatic carbocycles. The van der Waals surface area contributed by atoms with Crippen LogP contribution in [0.3, 0.4) is 0 Å². The van der Waals surface area contributed by atoms with Crippen LogP contribution in [0.2, 0.25) is 0 Å². The van der Waals surface area contributed by atoms with Crippen LogP contribution in [0.25, 0.3) is 0 Å². The monoisotopic (exact) mass is 309 g/mol. The predicted octanol–water partition coefficient (Wildman–Crippen LogP) is 0.652. The van der Waals surface area contributed by atoms with Crippen LogP contribution in [0.5, 0.6) is 0 Å². The second-order valence-corrected chi connectivity index (χ2v) is 7.41. The summed E-state index contributed by atoms with van der Waals surface area (Å²) in [6, 6.07) is 0. The molecule has 1 heterocycles. The molecule has 1 aliphatic heterocycles. The number of nitrogens with zero attached hydrogens (tertiary/aromatic N) is 3. The number of thiol groups is 1. The largest absolute Gasteiger partial charge is 0.354 e. The Labute approximate surface area is 123 Å². The Bertz CT molecular complexity index is 252. The molecule has 1 atom stereocenters. The van der Waals surface area contributed by atoms with E-state index in [9.17, 15) is 0 Å². The van der Waals surface area contributed by atoms with Crippen molar-refractivity contribution in [3.05, 3.63) is 12.4 Å². The number of likely N-dealkylation sites (N-methyl/N-ethyl adjacent to an activating group) is 2. The highest BCUT2D eigenvalue weighted by Gasteiger charge is 2.25. The van der Waals surface area contributed by atoms with Crippen molar-refractivity contribution in [1.29, 1.82) is 0 Å². The average Bonchev–Trinajstić information content (AvgIpc) is 2.73. The van der Waals surface area contributed by atoms with Crippen molar-refractivity contribution in [2.45, 2.75) is 6.17 Å². The molecule has 0 radical (unpaired) electrons. The maximum atomic E-state index is 5.67. The van der Waals surface area contributed by atoms with Crippen molar-refractivity contribution in [2.75, 3.05) is 46.0 Å². The molecule has 0 saturated heterocycles. The van der Waals surface area contributed by atoms with Gasteiger partial charge in [-0.3, -0.25) is 5.84 Å². The van der Waals surface area contributed by atoms with Gasteiger partial charge in [0.1, 0.15) is 6.17 Å². The molecular formula is C10H23N5S3. The Morgan fingerprint density at radius 2 is 2.06 bits per heavy atom. The summed E-state index contributed by atoms with van der Waals surface area (Å²) in [6.45, 7) is 3.82. The Morgan fingerprint density at radius 1 is 1.39 bits per heavy atom. The van der Waals surface area contributed by atoms with E-state index in [2.05, 4.69) is 39.2 Å². The molecule has 0 aromatic heterocycles. The Hall–Kier alpha value is 0.270. The lowest BCUT2D eigenvalue weighted by atomic mass is 10.4. The molecule has 1 rings (SSSR count). The van der Waals surface area contributed by atoms with Crippen molar-refractivity contribution in [3.8, 4) is 0 Å². The zero-order valence-corrected chi connectivity index (χ0v) is 13.5. The van der Waals surface area contributed by atoms with Gasteiger partial charge in [0.05, 0.1) is 0 Å². The highest BCUT2D eigenvalue weighted by molar-refractivity contribution is 9.05. The Kier molecular flexibility index (Phi) is 8.36. The second-order valence-electron chi connectivity index (χ2n) is 4.20. The van der Waals surface area contributed by atoms with Crippen LogP contribution in [0, 0.1) is 0 Å². The highest BCUT2D eigenvalue weighted by atomic mass is 33.5. The first-order valence-electron chi connectivity index (χ1n) is 5.92. The highest BCUT2D eigenvalue weighted by Crippen LogP contribution is 2.29. The second kappa shape index (κ2) is 9.22. The van der Waals surface area contributed by atoms with E-state index in [1.165, 1.54) is 9.83 Å². The summed E-state index contributed by atoms with van der Waals surface area (Å²) in [4.78, 5) is 4.71. The van der Waals surface area contributed by atoms with Gasteiger partial charge in [-0.15, -0.1) is 0 Å². The molecule has 8 heteroatoms. The summed E-state index contributed by atoms with van der Waals surface area (Å²) >= 11 is 4.19. The first kappa shape index (κ1) is 16.3. The molecule has 0 spiro atoms. The van der Waals surface area contributed by atoms with Gasteiger partial charge >= 0.3 is 0 Å². The fourth-order valence-corrected chi connectivity index (χ4v) is 3.47. The van der Waals surface area contributed by atoms with Crippen molar-refractivity contribution in [1.82, 2.24) is 20.1 Å². The zero-order chi connectivity index (χ0) is 13.4. The molecule has 0 saturated carbocycles. The van der Waals surface area contributed by atoms with Crippen LogP contribution in [-0.2, 0) is 0 Å². The maximum Gasteiger partial charge on any atom is 0.111 e. The quantitative estimate of drug-likeness (QED) is 0.250. The smallest absolute Gasteiger partial charge is 0.111 e. The molecule has 0 fully saturated rings. The number of hydrazine groups is 1. The van der Waals surface area contributed by atoms with Gasteiger partial charge in [-0.05, 0) is 16.9 Å². The van der Waals surface area contributed by atoms with Crippen molar-refractivity contribution < 1.29 is 0 Å². The number of rotatable bonds is 9. The molecular weight excluding hydrogens is 286 g/mol. The lowest BCUT2D eigenvalue weighted by Crippen LogP contribution is -2.45. The van der Waals surface area contributed by atoms with E-state index in [1.54, 1.807) is 15.8 Å². The first-order chi connectivity index (χ1) is 8.69. The molecule has 1 aliphatic rings. The third-order valence-corrected chi connectivity index (χ3v) is 5.03. The van der Waals surface area contributed by atoms with Gasteiger partial charge in [0.25, 0.3) is 0 Å². The van der Waals surface area contributed by atoms with Gasteiger partial charge in [0.2, 0.25) is 0 Å². The third kappa shape index (κ3) is 5.50. The standard InChI is InChI=1S/C10H23N5S3/c1-12-3-4-14-7-8-15(6-5-13(2)11)10(14)9-17-18-16/h7-8,10,12,16H,3-6,9,11H2,1-2H3. The number of hydrogen-bond donors (Lipinski definition) is 3. The molecule has 0 bridgehead atoms. The minimum Gasteiger partial charge on any atom is -0.354 e. The SMILES string of the molecule is CNCCN1C=CN(CCN(C)N)C1CSSS. The summed E-state index contributed by atoms with van der Waals surface area (Å²) < 4.78 is 0. The van der Waals surface area contributed by atoms with E-state index in [1.807, 2.05) is 14.1 Å². The zero-order valence-electron chi connectivity index (χ0n) is 11.0. The fourth-order valence-electron chi connectivity index (χ4n) is 1.80. The van der Waals surface area contributed by atoms with E-state index in [-0.39, 0.29) is 0 Å². The van der Waals surface area contributed by atoms with E-state index < -0.39 is 0 Å². The van der Waals surface area contributed by atoms with E-state index in [0.717, 1.165) is 31.9 Å². The summed E-state index contributed by atoms with van der Waals surface area (Å²) in [6.07, 6.45) is 4.73. The average molecular weight is 310 g/mol. The van der Waals surface area contributed by atoms with Crippen molar-refractivity contribution >= 4 is 32.3 Å². The first-order valence-corrected chi connectivity index (χ1v) is 9.29. The molecule has 1 unspecified atom stereocenters. The van der Waals surface area contributed by atoms with E-state index in [4.69, 9.17) is 5.84 Å². The van der Waals surface area contributed by atoms with Crippen LogP contribution in [0.15, 0.2) is 12.4 Å². The molecule has 0 amide bonds. The van der Waals surface area contributed by atoms with Gasteiger partial charge in [-0.25, -0.2) is 5.01 Å². The third-order valence-electron chi connectivity index (χ3n) is 2.82. The van der Waals surface area contributed by atoms with Gasteiger partial charge in [-0.2, -0.15) is 0 Å². The van der Waals surface area contributed by atoms with Gasteiger partial charge in [0.15, 0.2) is 0 Å². The Balaban J connectivity index is 2.46. The predicted molar refractivity (Wildman–Crippen MR) is 86.1 cm³/mol. The normalized spacial score (nSPS) is 19.3. The van der Waals surface area contributed by atoms with Crippen LogP contribution in [0.1, 0.15) is 0 Å². The molecule has 18 heavy (non-hydrogen) atoms. The molecule has 3 N–H and O–H groups in total. The fraction of sp³-hybridized carbons (Fsp3) is 0.800. The van der Waals surface area contributed by atoms with Gasteiger partial charge in [-0.1, -0.05) is 22.5 Å². The minimum absolute atomic E-state index is 0.406. The summed E-state index contributed by atoms with van der Waals surface area (Å²) in [5.41, 5.74) is 0. The minimum atomic E-state index is 0.406. The maximum absolute atomic E-state index is 5.67. The van der Waals surface area contributed by atoms with Gasteiger partial charge < -0.3 is 15.1 Å². The van der Waals surface area contributed by atoms with Gasteiger partial charge in [0, 0.05) is 51.4 Å². The van der Waals surface area contributed by atoms with Crippen LogP contribution in [0.4, 0.5) is 0 Å². The Morgan fingerprint density at radius 3 is 2.61 bits per heavy atom. The lowest BCUT2D eigenvalue weighted by molar-refractivity contribution is 0.161. The molecule has 0 aromatic rings. The molecule has 0 aromatic carbocycles. The summed E-state index contributed by atoms with van der Waals surface area (Å²) in [5.74, 6) is 6.70. The van der Waals surface area contributed by atoms with Crippen LogP contribution >= 0.6 is 32.3 Å². The van der Waals surface area contributed by atoms with Crippen molar-refractivity contribution in [3.63, 3.8) is 0 Å². The molecule has 5 nitrogen and oxygen atoms in total. The van der Waals surface area contributed by atoms with Crippen LogP contribution in [-0.4, -0.2) is 67.0 Å².